The Morgan fingerprint density at radius 1 is 0.941 bits per heavy atom. The standard InChI is InChI=1S/C27H23F3N2O2/c28-27(29,30)21-12-7-13-22(16-21)32-26(34)25-23(31-17-18-8-3-1-4-9-18)14-20(15-24(25)33)19-10-5-2-6-11-19/h1-13,16,20,33H,14-15,17H2,(H,32,34). The van der Waals surface area contributed by atoms with Gasteiger partial charge in [-0.3, -0.25) is 9.79 Å². The highest BCUT2D eigenvalue weighted by Gasteiger charge is 2.33. The first-order chi connectivity index (χ1) is 16.3. The highest BCUT2D eigenvalue weighted by molar-refractivity contribution is 6.26. The lowest BCUT2D eigenvalue weighted by Gasteiger charge is -2.26. The third kappa shape index (κ3) is 5.54. The number of aliphatic imine (C=N–C) groups is 1. The summed E-state index contributed by atoms with van der Waals surface area (Å²) in [7, 11) is 0. The Labute approximate surface area is 195 Å². The third-order valence-corrected chi connectivity index (χ3v) is 5.70. The summed E-state index contributed by atoms with van der Waals surface area (Å²) in [5, 5.41) is 13.4. The molecule has 7 heteroatoms. The number of anilines is 1. The molecule has 2 N–H and O–H groups in total. The van der Waals surface area contributed by atoms with E-state index in [9.17, 15) is 23.1 Å². The number of hydrogen-bond donors (Lipinski definition) is 2. The second-order valence-corrected chi connectivity index (χ2v) is 8.12. The van der Waals surface area contributed by atoms with Gasteiger partial charge < -0.3 is 10.4 Å². The Kier molecular flexibility index (Phi) is 6.82. The molecule has 3 aromatic rings. The van der Waals surface area contributed by atoms with E-state index in [-0.39, 0.29) is 29.4 Å². The van der Waals surface area contributed by atoms with E-state index >= 15 is 0 Å². The molecule has 4 rings (SSSR count). The zero-order chi connectivity index (χ0) is 24.1. The Bertz CT molecular complexity index is 1220. The first-order valence-corrected chi connectivity index (χ1v) is 10.8. The highest BCUT2D eigenvalue weighted by atomic mass is 19.4. The van der Waals surface area contributed by atoms with Gasteiger partial charge in [0.05, 0.1) is 23.4 Å². The van der Waals surface area contributed by atoms with Crippen LogP contribution in [0.3, 0.4) is 0 Å². The summed E-state index contributed by atoms with van der Waals surface area (Å²) in [5.74, 6) is -0.882. The zero-order valence-corrected chi connectivity index (χ0v) is 18.2. The van der Waals surface area contributed by atoms with Gasteiger partial charge in [0.25, 0.3) is 5.91 Å². The van der Waals surface area contributed by atoms with Crippen LogP contribution < -0.4 is 5.32 Å². The molecule has 4 nitrogen and oxygen atoms in total. The van der Waals surface area contributed by atoms with E-state index < -0.39 is 17.6 Å². The van der Waals surface area contributed by atoms with Gasteiger partial charge in [-0.25, -0.2) is 0 Å². The van der Waals surface area contributed by atoms with E-state index in [0.717, 1.165) is 23.3 Å². The monoisotopic (exact) mass is 464 g/mol. The van der Waals surface area contributed by atoms with Crippen LogP contribution in [0.25, 0.3) is 0 Å². The highest BCUT2D eigenvalue weighted by Crippen LogP contribution is 2.35. The summed E-state index contributed by atoms with van der Waals surface area (Å²) < 4.78 is 39.2. The molecule has 0 fully saturated rings. The lowest BCUT2D eigenvalue weighted by atomic mass is 9.82. The maximum atomic E-state index is 13.1. The molecule has 0 radical (unpaired) electrons. The second kappa shape index (κ2) is 9.95. The van der Waals surface area contributed by atoms with Crippen molar-refractivity contribution in [3.63, 3.8) is 0 Å². The quantitative estimate of drug-likeness (QED) is 0.443. The molecule has 1 aliphatic rings. The van der Waals surface area contributed by atoms with Crippen molar-refractivity contribution in [2.45, 2.75) is 31.5 Å². The maximum absolute atomic E-state index is 13.1. The van der Waals surface area contributed by atoms with E-state index in [2.05, 4.69) is 10.3 Å². The summed E-state index contributed by atoms with van der Waals surface area (Å²) in [6.07, 6.45) is -3.87. The number of benzene rings is 3. The van der Waals surface area contributed by atoms with Gasteiger partial charge in [0.2, 0.25) is 0 Å². The molecule has 174 valence electrons. The van der Waals surface area contributed by atoms with Gasteiger partial charge in [0.15, 0.2) is 0 Å². The van der Waals surface area contributed by atoms with Crippen molar-refractivity contribution >= 4 is 17.3 Å². The molecule has 0 saturated carbocycles. The average molecular weight is 464 g/mol. The lowest BCUT2D eigenvalue weighted by molar-refractivity contribution is -0.137. The molecular formula is C27H23F3N2O2. The van der Waals surface area contributed by atoms with Crippen molar-refractivity contribution in [1.82, 2.24) is 0 Å². The Balaban J connectivity index is 1.65. The molecule has 0 aliphatic heterocycles. The van der Waals surface area contributed by atoms with Crippen LogP contribution in [0, 0.1) is 0 Å². The van der Waals surface area contributed by atoms with E-state index in [1.54, 1.807) is 0 Å². The van der Waals surface area contributed by atoms with Crippen molar-refractivity contribution in [2.24, 2.45) is 4.99 Å². The molecule has 1 aliphatic carbocycles. The first-order valence-electron chi connectivity index (χ1n) is 10.8. The number of halogens is 3. The average Bonchev–Trinajstić information content (AvgIpc) is 2.83. The van der Waals surface area contributed by atoms with Crippen molar-refractivity contribution in [3.8, 4) is 0 Å². The van der Waals surface area contributed by atoms with Crippen LogP contribution in [0.4, 0.5) is 18.9 Å². The summed E-state index contributed by atoms with van der Waals surface area (Å²) >= 11 is 0. The number of carbonyl (C=O) groups is 1. The Hall–Kier alpha value is -3.87. The van der Waals surface area contributed by atoms with Crippen molar-refractivity contribution in [2.75, 3.05) is 5.32 Å². The van der Waals surface area contributed by atoms with Crippen LogP contribution in [-0.2, 0) is 17.5 Å². The second-order valence-electron chi connectivity index (χ2n) is 8.12. The van der Waals surface area contributed by atoms with E-state index in [0.29, 0.717) is 18.7 Å². The van der Waals surface area contributed by atoms with Crippen molar-refractivity contribution < 1.29 is 23.1 Å². The number of hydrogen-bond acceptors (Lipinski definition) is 3. The minimum absolute atomic E-state index is 0.00674. The van der Waals surface area contributed by atoms with Gasteiger partial charge in [-0.15, -0.1) is 0 Å². The first kappa shape index (κ1) is 23.3. The van der Waals surface area contributed by atoms with Crippen molar-refractivity contribution in [3.05, 3.63) is 113 Å². The number of aliphatic hydroxyl groups excluding tert-OH is 1. The third-order valence-electron chi connectivity index (χ3n) is 5.70. The molecular weight excluding hydrogens is 441 g/mol. The number of amides is 1. The van der Waals surface area contributed by atoms with Crippen LogP contribution in [0.15, 0.2) is 101 Å². The molecule has 3 aromatic carbocycles. The predicted octanol–water partition coefficient (Wildman–Crippen LogP) is 6.67. The summed E-state index contributed by atoms with van der Waals surface area (Å²) in [6, 6.07) is 23.5. The van der Waals surface area contributed by atoms with Gasteiger partial charge >= 0.3 is 6.18 Å². The Morgan fingerprint density at radius 3 is 2.29 bits per heavy atom. The van der Waals surface area contributed by atoms with Gasteiger partial charge in [0, 0.05) is 12.1 Å². The molecule has 0 spiro atoms. The van der Waals surface area contributed by atoms with E-state index in [1.165, 1.54) is 12.1 Å². The molecule has 0 bridgehead atoms. The number of allylic oxidation sites excluding steroid dienone is 1. The van der Waals surface area contributed by atoms with Crippen LogP contribution in [0.1, 0.15) is 35.4 Å². The fourth-order valence-corrected chi connectivity index (χ4v) is 4.01. The van der Waals surface area contributed by atoms with Crippen molar-refractivity contribution in [1.29, 1.82) is 0 Å². The normalized spacial score (nSPS) is 17.6. The van der Waals surface area contributed by atoms with Crippen LogP contribution in [0.5, 0.6) is 0 Å². The lowest BCUT2D eigenvalue weighted by Crippen LogP contribution is -2.28. The summed E-state index contributed by atoms with van der Waals surface area (Å²) in [4.78, 5) is 17.8. The Morgan fingerprint density at radius 2 is 1.62 bits per heavy atom. The number of carbonyl (C=O) groups excluding carboxylic acids is 1. The van der Waals surface area contributed by atoms with E-state index in [4.69, 9.17) is 0 Å². The molecule has 0 saturated heterocycles. The fourth-order valence-electron chi connectivity index (χ4n) is 4.01. The number of nitrogens with one attached hydrogen (secondary N) is 1. The molecule has 0 heterocycles. The van der Waals surface area contributed by atoms with Gasteiger partial charge in [-0.2, -0.15) is 13.2 Å². The summed E-state index contributed by atoms with van der Waals surface area (Å²) in [5.41, 5.74) is 1.51. The van der Waals surface area contributed by atoms with Gasteiger partial charge in [-0.1, -0.05) is 66.7 Å². The number of aliphatic hydroxyl groups is 1. The molecule has 1 amide bonds. The van der Waals surface area contributed by atoms with Crippen LogP contribution >= 0.6 is 0 Å². The maximum Gasteiger partial charge on any atom is 0.416 e. The fraction of sp³-hybridized carbons (Fsp3) is 0.185. The largest absolute Gasteiger partial charge is 0.511 e. The number of alkyl halides is 3. The SMILES string of the molecule is O=C(Nc1cccc(C(F)(F)F)c1)C1=C(O)CC(c2ccccc2)CC1=NCc1ccccc1. The van der Waals surface area contributed by atoms with Gasteiger partial charge in [0.1, 0.15) is 5.76 Å². The molecule has 0 aromatic heterocycles. The smallest absolute Gasteiger partial charge is 0.416 e. The minimum Gasteiger partial charge on any atom is -0.511 e. The zero-order valence-electron chi connectivity index (χ0n) is 18.2. The molecule has 1 atom stereocenters. The molecule has 34 heavy (non-hydrogen) atoms. The molecule has 1 unspecified atom stereocenters. The predicted molar refractivity (Wildman–Crippen MR) is 126 cm³/mol. The number of nitrogens with zero attached hydrogens (tertiary/aromatic N) is 1. The minimum atomic E-state index is -4.53. The van der Waals surface area contributed by atoms with E-state index in [1.807, 2.05) is 60.7 Å². The van der Waals surface area contributed by atoms with Crippen LogP contribution in [0.2, 0.25) is 0 Å². The number of rotatable bonds is 5. The summed E-state index contributed by atoms with van der Waals surface area (Å²) in [6.45, 7) is 0.311. The topological polar surface area (TPSA) is 61.7 Å². The van der Waals surface area contributed by atoms with Gasteiger partial charge in [-0.05, 0) is 41.7 Å². The van der Waals surface area contributed by atoms with Crippen LogP contribution in [-0.4, -0.2) is 16.7 Å².